The van der Waals surface area contributed by atoms with Crippen molar-refractivity contribution in [3.8, 4) is 39.2 Å². The highest BCUT2D eigenvalue weighted by Gasteiger charge is 2.39. The van der Waals surface area contributed by atoms with Crippen molar-refractivity contribution in [2.24, 2.45) is 4.99 Å². The Kier molecular flexibility index (Phi) is 10.2. The van der Waals surface area contributed by atoms with Crippen LogP contribution in [0.2, 0.25) is 0 Å². The number of rotatable bonds is 10. The van der Waals surface area contributed by atoms with Gasteiger partial charge in [-0.3, -0.25) is 4.99 Å². The van der Waals surface area contributed by atoms with Gasteiger partial charge in [0.25, 0.3) is 0 Å². The molecule has 0 fully saturated rings. The molecule has 2 unspecified atom stereocenters. The fourth-order valence-corrected chi connectivity index (χ4v) is 10.3. The van der Waals surface area contributed by atoms with E-state index in [1.54, 1.807) is 0 Å². The molecular weight excluding hydrogens is 767 g/mol. The van der Waals surface area contributed by atoms with E-state index in [4.69, 9.17) is 9.97 Å². The van der Waals surface area contributed by atoms with Gasteiger partial charge in [0.05, 0.1) is 22.4 Å². The zero-order chi connectivity index (χ0) is 42.3. The second kappa shape index (κ2) is 16.6. The molecule has 5 nitrogen and oxygen atoms in total. The van der Waals surface area contributed by atoms with Gasteiger partial charge >= 0.3 is 0 Å². The molecule has 6 aromatic carbocycles. The molecule has 0 spiro atoms. The average Bonchev–Trinajstić information content (AvgIpc) is 3.87. The molecule has 308 valence electrons. The number of para-hydroxylation sites is 2. The molecule has 63 heavy (non-hydrogen) atoms. The van der Waals surface area contributed by atoms with Gasteiger partial charge in [-0.05, 0) is 126 Å². The van der Waals surface area contributed by atoms with Gasteiger partial charge < -0.3 is 9.47 Å². The molecule has 1 aliphatic carbocycles. The first-order chi connectivity index (χ1) is 31.1. The molecule has 11 rings (SSSR count). The Balaban J connectivity index is 1.07. The third kappa shape index (κ3) is 7.12. The molecule has 2 atom stereocenters. The average molecular weight is 818 g/mol. The number of dihydropyridines is 1. The Morgan fingerprint density at radius 3 is 2.25 bits per heavy atom. The highest BCUT2D eigenvalue weighted by atomic mass is 15.2. The summed E-state index contributed by atoms with van der Waals surface area (Å²) < 4.78 is 2.48. The minimum Gasteiger partial charge on any atom is -0.337 e. The number of fused-ring (bicyclic) bond motifs is 6. The molecule has 0 N–H and O–H groups in total. The van der Waals surface area contributed by atoms with Crippen molar-refractivity contribution in [1.29, 1.82) is 0 Å². The number of hydrogen-bond acceptors (Lipinski definition) is 4. The van der Waals surface area contributed by atoms with Crippen molar-refractivity contribution >= 4 is 50.5 Å². The number of anilines is 2. The number of hydrogen-bond donors (Lipinski definition) is 0. The second-order valence-corrected chi connectivity index (χ2v) is 17.1. The third-order valence-electron chi connectivity index (χ3n) is 13.2. The van der Waals surface area contributed by atoms with Crippen LogP contribution in [0.15, 0.2) is 175 Å². The predicted octanol–water partition coefficient (Wildman–Crippen LogP) is 15.0. The summed E-state index contributed by atoms with van der Waals surface area (Å²) in [6, 6.07) is 54.4. The molecule has 2 aliphatic heterocycles. The van der Waals surface area contributed by atoms with E-state index in [-0.39, 0.29) is 0 Å². The van der Waals surface area contributed by atoms with E-state index in [1.807, 2.05) is 6.21 Å². The third-order valence-corrected chi connectivity index (χ3v) is 13.2. The Morgan fingerprint density at radius 2 is 1.41 bits per heavy atom. The zero-order valence-electron chi connectivity index (χ0n) is 36.1. The lowest BCUT2D eigenvalue weighted by molar-refractivity contribution is 0.565. The highest BCUT2D eigenvalue weighted by molar-refractivity contribution is 6.10. The summed E-state index contributed by atoms with van der Waals surface area (Å²) in [6.45, 7) is 5.20. The van der Waals surface area contributed by atoms with E-state index in [0.717, 1.165) is 73.5 Å². The van der Waals surface area contributed by atoms with E-state index < -0.39 is 0 Å². The number of nitrogens with zero attached hydrogens (tertiary/aromatic N) is 5. The Hall–Kier alpha value is -7.11. The van der Waals surface area contributed by atoms with Gasteiger partial charge in [-0.2, -0.15) is 0 Å². The van der Waals surface area contributed by atoms with Crippen LogP contribution in [0.1, 0.15) is 75.4 Å². The molecule has 5 heteroatoms. The van der Waals surface area contributed by atoms with Crippen molar-refractivity contribution in [3.05, 3.63) is 187 Å². The molecule has 3 aliphatic rings. The largest absolute Gasteiger partial charge is 0.337 e. The minimum absolute atomic E-state index is 0.357. The quantitative estimate of drug-likeness (QED) is 0.129. The maximum absolute atomic E-state index is 5.24. The predicted molar refractivity (Wildman–Crippen MR) is 265 cm³/mol. The fraction of sp³-hybridized carbons (Fsp3) is 0.190. The van der Waals surface area contributed by atoms with Gasteiger partial charge in [0, 0.05) is 58.1 Å². The number of aliphatic imine (C=N–C) groups is 1. The number of benzene rings is 6. The summed E-state index contributed by atoms with van der Waals surface area (Å²) in [6.07, 6.45) is 17.2. The molecule has 0 saturated heterocycles. The summed E-state index contributed by atoms with van der Waals surface area (Å²) in [5, 5.41) is 2.50. The fourth-order valence-electron chi connectivity index (χ4n) is 10.3. The van der Waals surface area contributed by atoms with Crippen molar-refractivity contribution in [2.45, 2.75) is 64.3 Å². The van der Waals surface area contributed by atoms with Crippen LogP contribution in [-0.4, -0.2) is 33.3 Å². The summed E-state index contributed by atoms with van der Waals surface area (Å²) in [4.78, 5) is 17.5. The first-order valence-corrected chi connectivity index (χ1v) is 22.8. The summed E-state index contributed by atoms with van der Waals surface area (Å²) in [7, 11) is 0. The molecule has 0 radical (unpaired) electrons. The molecule has 0 bridgehead atoms. The van der Waals surface area contributed by atoms with Gasteiger partial charge in [0.1, 0.15) is 0 Å². The maximum atomic E-state index is 5.24. The van der Waals surface area contributed by atoms with Gasteiger partial charge in [-0.15, -0.1) is 0 Å². The van der Waals surface area contributed by atoms with Gasteiger partial charge in [0.15, 0.2) is 5.82 Å². The van der Waals surface area contributed by atoms with Gasteiger partial charge in [-0.1, -0.05) is 136 Å². The lowest BCUT2D eigenvalue weighted by atomic mass is 9.87. The lowest BCUT2D eigenvalue weighted by Gasteiger charge is -2.32. The van der Waals surface area contributed by atoms with Gasteiger partial charge in [-0.25, -0.2) is 9.97 Å². The van der Waals surface area contributed by atoms with E-state index in [1.165, 1.54) is 72.1 Å². The SMILES string of the molecule is CC/C=C(\CCC)c1nc(C2=CC=NCC2)cc(-c2ccc(-c3cc(N4c5ccccc5C5C=CCCC54)cc(-n4c5ccccc5c5cc(-c6ccccc6)ccc54)c3)cc2)n1. The van der Waals surface area contributed by atoms with Crippen LogP contribution in [0.5, 0.6) is 0 Å². The standard InChI is InChI=1S/C58H51N5/c1-3-14-43(15-4-2)58-60-52(38-53(61-58)42-30-32-59-33-31-42)41-26-24-40(25-27-41)45-34-46(62-54-21-11-8-18-48(54)49-19-9-12-22-55(49)62)37-47(35-45)63-56-23-13-10-20-50(56)51-36-44(28-29-57(51)63)39-16-6-5-7-17-39/h5-11,13-14,16-21,23-30,32,34-38,49,55H,3-4,12,15,22,31,33H2,1-2H3/b43-14+. The van der Waals surface area contributed by atoms with Crippen LogP contribution < -0.4 is 4.90 Å². The minimum atomic E-state index is 0.357. The van der Waals surface area contributed by atoms with Crippen LogP contribution in [0.4, 0.5) is 11.4 Å². The molecule has 0 saturated carbocycles. The summed E-state index contributed by atoms with van der Waals surface area (Å²) in [5.41, 5.74) is 17.7. The second-order valence-electron chi connectivity index (χ2n) is 17.1. The maximum Gasteiger partial charge on any atom is 0.156 e. The van der Waals surface area contributed by atoms with Crippen molar-refractivity contribution < 1.29 is 0 Å². The Labute approximate surface area is 370 Å². The molecule has 0 amide bonds. The first-order valence-electron chi connectivity index (χ1n) is 22.8. The zero-order valence-corrected chi connectivity index (χ0v) is 36.1. The van der Waals surface area contributed by atoms with Crippen LogP contribution in [-0.2, 0) is 0 Å². The molecule has 2 aromatic heterocycles. The Bertz CT molecular complexity index is 3130. The number of aromatic nitrogens is 3. The number of allylic oxidation sites excluding steroid dienone is 4. The van der Waals surface area contributed by atoms with Crippen molar-refractivity contribution in [2.75, 3.05) is 11.4 Å². The topological polar surface area (TPSA) is 46.3 Å². The summed E-state index contributed by atoms with van der Waals surface area (Å²) >= 11 is 0. The van der Waals surface area contributed by atoms with Crippen LogP contribution in [0.3, 0.4) is 0 Å². The van der Waals surface area contributed by atoms with Crippen LogP contribution >= 0.6 is 0 Å². The van der Waals surface area contributed by atoms with E-state index in [9.17, 15) is 0 Å². The molecular formula is C58H51N5. The highest BCUT2D eigenvalue weighted by Crippen LogP contribution is 2.50. The molecule has 8 aromatic rings. The van der Waals surface area contributed by atoms with E-state index in [0.29, 0.717) is 12.0 Å². The monoisotopic (exact) mass is 817 g/mol. The van der Waals surface area contributed by atoms with Crippen molar-refractivity contribution in [3.63, 3.8) is 0 Å². The smallest absolute Gasteiger partial charge is 0.156 e. The van der Waals surface area contributed by atoms with E-state index in [2.05, 4.69) is 198 Å². The van der Waals surface area contributed by atoms with E-state index >= 15 is 0 Å². The molecule has 4 heterocycles. The van der Waals surface area contributed by atoms with Crippen LogP contribution in [0, 0.1) is 0 Å². The summed E-state index contributed by atoms with van der Waals surface area (Å²) in [5.74, 6) is 1.20. The Morgan fingerprint density at radius 1 is 0.667 bits per heavy atom. The van der Waals surface area contributed by atoms with Crippen LogP contribution in [0.25, 0.3) is 72.2 Å². The normalized spacial score (nSPS) is 17.0. The first kappa shape index (κ1) is 38.8. The lowest BCUT2D eigenvalue weighted by Crippen LogP contribution is -2.31. The van der Waals surface area contributed by atoms with Crippen molar-refractivity contribution in [1.82, 2.24) is 14.5 Å². The van der Waals surface area contributed by atoms with Gasteiger partial charge in [0.2, 0.25) is 0 Å².